The van der Waals surface area contributed by atoms with Gasteiger partial charge in [-0.3, -0.25) is 4.68 Å². The van der Waals surface area contributed by atoms with E-state index in [2.05, 4.69) is 15.7 Å². The first kappa shape index (κ1) is 17.4. The molecule has 0 radical (unpaired) electrons. The van der Waals surface area contributed by atoms with Crippen molar-refractivity contribution in [3.05, 3.63) is 27.9 Å². The Morgan fingerprint density at radius 2 is 2.09 bits per heavy atom. The molecule has 0 aliphatic rings. The van der Waals surface area contributed by atoms with Crippen molar-refractivity contribution in [3.8, 4) is 0 Å². The number of hydrogen-bond acceptors (Lipinski definition) is 5. The number of esters is 1. The quantitative estimate of drug-likeness (QED) is 0.648. The number of nitrogens with zero attached hydrogens (tertiary/aromatic N) is 2. The maximum atomic E-state index is 12.0. The molecule has 0 fully saturated rings. The van der Waals surface area contributed by atoms with Gasteiger partial charge in [-0.25, -0.2) is 4.79 Å². The Hall–Kier alpha value is -1.93. The number of ether oxygens (including phenoxy) is 1. The molecule has 0 saturated heterocycles. The van der Waals surface area contributed by atoms with Gasteiger partial charge in [0.25, 0.3) is 0 Å². The van der Waals surface area contributed by atoms with Crippen LogP contribution in [0.25, 0.3) is 0 Å². The van der Waals surface area contributed by atoms with Crippen molar-refractivity contribution in [1.82, 2.24) is 9.78 Å². The van der Waals surface area contributed by atoms with Crippen LogP contribution in [0.1, 0.15) is 33.4 Å². The third kappa shape index (κ3) is 3.53. The standard InChI is InChI=1S/C15H20N4O2S2/c1-6-19-9(3)11(7-16-19)17-15(22)18-13-12(14(20)21-5)8(2)10(4)23-13/h7H,6H2,1-5H3,(H2,17,18,22). The number of aryl methyl sites for hydroxylation is 2. The molecule has 2 N–H and O–H groups in total. The van der Waals surface area contributed by atoms with Gasteiger partial charge in [-0.2, -0.15) is 5.10 Å². The highest BCUT2D eigenvalue weighted by Gasteiger charge is 2.21. The summed E-state index contributed by atoms with van der Waals surface area (Å²) in [5, 5.41) is 11.6. The predicted octanol–water partition coefficient (Wildman–Crippen LogP) is 3.49. The highest BCUT2D eigenvalue weighted by molar-refractivity contribution is 7.80. The molecule has 2 aromatic rings. The third-order valence-corrected chi connectivity index (χ3v) is 4.98. The van der Waals surface area contributed by atoms with Gasteiger partial charge in [0, 0.05) is 11.4 Å². The lowest BCUT2D eigenvalue weighted by Gasteiger charge is -2.10. The second kappa shape index (κ2) is 7.10. The van der Waals surface area contributed by atoms with Crippen LogP contribution in [0.2, 0.25) is 0 Å². The molecule has 2 heterocycles. The molecule has 2 rings (SSSR count). The summed E-state index contributed by atoms with van der Waals surface area (Å²) in [6, 6.07) is 0. The minimum atomic E-state index is -0.368. The van der Waals surface area contributed by atoms with Crippen LogP contribution in [0.3, 0.4) is 0 Å². The molecule has 0 amide bonds. The number of carbonyl (C=O) groups excluding carboxylic acids is 1. The smallest absolute Gasteiger partial charge is 0.341 e. The maximum absolute atomic E-state index is 12.0. The summed E-state index contributed by atoms with van der Waals surface area (Å²) in [7, 11) is 1.37. The Kier molecular flexibility index (Phi) is 5.38. The second-order valence-corrected chi connectivity index (χ2v) is 6.65. The van der Waals surface area contributed by atoms with Crippen molar-refractivity contribution in [1.29, 1.82) is 0 Å². The summed E-state index contributed by atoms with van der Waals surface area (Å²) in [4.78, 5) is 13.0. The highest BCUT2D eigenvalue weighted by atomic mass is 32.1. The predicted molar refractivity (Wildman–Crippen MR) is 97.6 cm³/mol. The number of carbonyl (C=O) groups is 1. The minimum Gasteiger partial charge on any atom is -0.465 e. The Morgan fingerprint density at radius 1 is 1.39 bits per heavy atom. The molecular weight excluding hydrogens is 332 g/mol. The van der Waals surface area contributed by atoms with Crippen LogP contribution in [0.15, 0.2) is 6.20 Å². The molecule has 0 unspecified atom stereocenters. The van der Waals surface area contributed by atoms with Crippen LogP contribution in [0.5, 0.6) is 0 Å². The first-order valence-corrected chi connectivity index (χ1v) is 8.40. The van der Waals surface area contributed by atoms with E-state index in [1.807, 2.05) is 32.4 Å². The SMILES string of the molecule is CCn1ncc(NC(=S)Nc2sc(C)c(C)c2C(=O)OC)c1C. The number of nitrogens with one attached hydrogen (secondary N) is 2. The summed E-state index contributed by atoms with van der Waals surface area (Å²) < 4.78 is 6.74. The molecule has 2 aromatic heterocycles. The van der Waals surface area contributed by atoms with Crippen molar-refractivity contribution < 1.29 is 9.53 Å². The Bertz CT molecular complexity index is 749. The lowest BCUT2D eigenvalue weighted by molar-refractivity contribution is 0.0601. The van der Waals surface area contributed by atoms with E-state index in [0.717, 1.165) is 28.4 Å². The normalized spacial score (nSPS) is 10.5. The molecule has 0 aliphatic carbocycles. The van der Waals surface area contributed by atoms with Gasteiger partial charge >= 0.3 is 5.97 Å². The molecule has 8 heteroatoms. The van der Waals surface area contributed by atoms with Crippen molar-refractivity contribution in [2.24, 2.45) is 0 Å². The molecule has 6 nitrogen and oxygen atoms in total. The topological polar surface area (TPSA) is 68.2 Å². The van der Waals surface area contributed by atoms with E-state index >= 15 is 0 Å². The van der Waals surface area contributed by atoms with Crippen LogP contribution in [0.4, 0.5) is 10.7 Å². The van der Waals surface area contributed by atoms with Crippen LogP contribution in [-0.2, 0) is 11.3 Å². The average molecular weight is 352 g/mol. The zero-order valence-electron chi connectivity index (χ0n) is 13.8. The monoisotopic (exact) mass is 352 g/mol. The average Bonchev–Trinajstić information content (AvgIpc) is 2.99. The number of thiophene rings is 1. The molecule has 0 aromatic carbocycles. The van der Waals surface area contributed by atoms with Gasteiger partial charge in [0.2, 0.25) is 0 Å². The van der Waals surface area contributed by atoms with Gasteiger partial charge in [0.1, 0.15) is 5.00 Å². The zero-order valence-corrected chi connectivity index (χ0v) is 15.4. The summed E-state index contributed by atoms with van der Waals surface area (Å²) in [5.41, 5.74) is 3.28. The summed E-state index contributed by atoms with van der Waals surface area (Å²) in [6.45, 7) is 8.66. The summed E-state index contributed by atoms with van der Waals surface area (Å²) >= 11 is 6.83. The largest absolute Gasteiger partial charge is 0.465 e. The fourth-order valence-corrected chi connectivity index (χ4v) is 3.54. The van der Waals surface area contributed by atoms with E-state index in [-0.39, 0.29) is 5.97 Å². The van der Waals surface area contributed by atoms with Crippen LogP contribution in [0, 0.1) is 20.8 Å². The Morgan fingerprint density at radius 3 is 2.65 bits per heavy atom. The molecule has 124 valence electrons. The molecular formula is C15H20N4O2S2. The first-order valence-electron chi connectivity index (χ1n) is 7.17. The fraction of sp³-hybridized carbons (Fsp3) is 0.400. The van der Waals surface area contributed by atoms with Gasteiger partial charge in [-0.1, -0.05) is 0 Å². The first-order chi connectivity index (χ1) is 10.9. The fourth-order valence-electron chi connectivity index (χ4n) is 2.21. The van der Waals surface area contributed by atoms with Gasteiger partial charge in [0.15, 0.2) is 5.11 Å². The molecule has 0 atom stereocenters. The Labute approximate surface area is 144 Å². The number of anilines is 2. The zero-order chi connectivity index (χ0) is 17.1. The lowest BCUT2D eigenvalue weighted by atomic mass is 10.1. The van der Waals surface area contributed by atoms with Gasteiger partial charge < -0.3 is 15.4 Å². The molecule has 0 bridgehead atoms. The van der Waals surface area contributed by atoms with Crippen LogP contribution < -0.4 is 10.6 Å². The van der Waals surface area contributed by atoms with E-state index in [0.29, 0.717) is 15.7 Å². The van der Waals surface area contributed by atoms with E-state index < -0.39 is 0 Å². The molecule has 0 aliphatic heterocycles. The third-order valence-electron chi connectivity index (χ3n) is 3.65. The second-order valence-electron chi connectivity index (χ2n) is 5.02. The van der Waals surface area contributed by atoms with Gasteiger partial charge in [0.05, 0.1) is 30.3 Å². The molecule has 0 spiro atoms. The maximum Gasteiger partial charge on any atom is 0.341 e. The minimum absolute atomic E-state index is 0.368. The van der Waals surface area contributed by atoms with Crippen molar-refractivity contribution in [3.63, 3.8) is 0 Å². The Balaban J connectivity index is 2.19. The molecule has 0 saturated carbocycles. The number of rotatable bonds is 4. The van der Waals surface area contributed by atoms with E-state index in [1.165, 1.54) is 18.4 Å². The van der Waals surface area contributed by atoms with Crippen molar-refractivity contribution >= 4 is 45.3 Å². The van der Waals surface area contributed by atoms with Crippen molar-refractivity contribution in [2.75, 3.05) is 17.7 Å². The van der Waals surface area contributed by atoms with E-state index in [1.54, 1.807) is 6.20 Å². The number of thiocarbonyl (C=S) groups is 1. The van der Waals surface area contributed by atoms with Gasteiger partial charge in [-0.15, -0.1) is 11.3 Å². The van der Waals surface area contributed by atoms with Crippen LogP contribution in [-0.4, -0.2) is 28.0 Å². The lowest BCUT2D eigenvalue weighted by Crippen LogP contribution is -2.20. The number of hydrogen-bond donors (Lipinski definition) is 2. The van der Waals surface area contributed by atoms with Gasteiger partial charge in [-0.05, 0) is 45.5 Å². The number of aromatic nitrogens is 2. The van der Waals surface area contributed by atoms with E-state index in [4.69, 9.17) is 17.0 Å². The molecule has 23 heavy (non-hydrogen) atoms. The van der Waals surface area contributed by atoms with E-state index in [9.17, 15) is 4.79 Å². The highest BCUT2D eigenvalue weighted by Crippen LogP contribution is 2.33. The summed E-state index contributed by atoms with van der Waals surface area (Å²) in [6.07, 6.45) is 1.74. The van der Waals surface area contributed by atoms with Crippen LogP contribution >= 0.6 is 23.6 Å². The summed E-state index contributed by atoms with van der Waals surface area (Å²) in [5.74, 6) is -0.368. The van der Waals surface area contributed by atoms with Crippen molar-refractivity contribution in [2.45, 2.75) is 34.2 Å². The number of methoxy groups -OCH3 is 1.